The average molecular weight is 250 g/mol. The molecule has 3 atom stereocenters. The minimum absolute atomic E-state index is 0.383. The molecule has 0 aliphatic carbocycles. The molecule has 2 heterocycles. The van der Waals surface area contributed by atoms with Crippen LogP contribution in [0.15, 0.2) is 17.3 Å². The molecule has 2 rings (SSSR count). The highest BCUT2D eigenvalue weighted by molar-refractivity contribution is 7.87. The molecule has 0 radical (unpaired) electrons. The molecule has 0 N–H and O–H groups in total. The first-order valence-electron chi connectivity index (χ1n) is 4.32. The van der Waals surface area contributed by atoms with Gasteiger partial charge in [-0.1, -0.05) is 6.92 Å². The van der Waals surface area contributed by atoms with Gasteiger partial charge in [-0.3, -0.25) is 4.21 Å². The molecular formula is C9H9Cl2NOS. The Morgan fingerprint density at radius 2 is 2.29 bits per heavy atom. The van der Waals surface area contributed by atoms with Crippen molar-refractivity contribution < 1.29 is 4.21 Å². The van der Waals surface area contributed by atoms with E-state index in [-0.39, 0.29) is 5.38 Å². The number of halogens is 2. The number of aryl methyl sites for hydroxylation is 1. The van der Waals surface area contributed by atoms with Gasteiger partial charge in [0.2, 0.25) is 0 Å². The molecule has 0 amide bonds. The number of hydrogen-bond donors (Lipinski definition) is 0. The summed E-state index contributed by atoms with van der Waals surface area (Å²) in [5.74, 6) is 0. The van der Waals surface area contributed by atoms with Gasteiger partial charge < -0.3 is 0 Å². The maximum Gasteiger partial charge on any atom is 0.135 e. The second-order valence-electron chi connectivity index (χ2n) is 3.14. The SMILES string of the molecule is CCc1cnc2c(c1)[C@@H](Cl)[C@H](Cl)S2=O. The summed E-state index contributed by atoms with van der Waals surface area (Å²) in [4.78, 5) is 4.14. The van der Waals surface area contributed by atoms with E-state index in [0.717, 1.165) is 17.5 Å². The molecule has 0 bridgehead atoms. The highest BCUT2D eigenvalue weighted by atomic mass is 35.5. The summed E-state index contributed by atoms with van der Waals surface area (Å²) >= 11 is 12.0. The maximum atomic E-state index is 11.6. The molecule has 0 fully saturated rings. The fourth-order valence-electron chi connectivity index (χ4n) is 1.43. The van der Waals surface area contributed by atoms with Crippen molar-refractivity contribution in [2.24, 2.45) is 0 Å². The first-order valence-corrected chi connectivity index (χ1v) is 6.41. The molecule has 1 unspecified atom stereocenters. The smallest absolute Gasteiger partial charge is 0.135 e. The summed E-state index contributed by atoms with van der Waals surface area (Å²) in [6.07, 6.45) is 2.62. The quantitative estimate of drug-likeness (QED) is 0.717. The van der Waals surface area contributed by atoms with Crippen molar-refractivity contribution in [2.45, 2.75) is 28.5 Å². The van der Waals surface area contributed by atoms with Crippen LogP contribution in [-0.4, -0.2) is 13.9 Å². The molecule has 1 aromatic heterocycles. The van der Waals surface area contributed by atoms with Gasteiger partial charge >= 0.3 is 0 Å². The zero-order chi connectivity index (χ0) is 10.3. The van der Waals surface area contributed by atoms with Crippen molar-refractivity contribution >= 4 is 34.0 Å². The Hall–Kier alpha value is -0.120. The molecule has 1 aromatic rings. The Morgan fingerprint density at radius 1 is 1.57 bits per heavy atom. The number of fused-ring (bicyclic) bond motifs is 1. The van der Waals surface area contributed by atoms with E-state index < -0.39 is 15.5 Å². The van der Waals surface area contributed by atoms with Gasteiger partial charge in [0.1, 0.15) is 9.74 Å². The third kappa shape index (κ3) is 1.47. The Bertz CT molecular complexity index is 396. The van der Waals surface area contributed by atoms with Crippen molar-refractivity contribution in [2.75, 3.05) is 0 Å². The molecule has 0 aromatic carbocycles. The lowest BCUT2D eigenvalue weighted by molar-refractivity contribution is 0.681. The second-order valence-corrected chi connectivity index (χ2v) is 5.83. The van der Waals surface area contributed by atoms with Crippen LogP contribution in [0.4, 0.5) is 0 Å². The van der Waals surface area contributed by atoms with Crippen LogP contribution in [0.25, 0.3) is 0 Å². The summed E-state index contributed by atoms with van der Waals surface area (Å²) in [5.41, 5.74) is 1.92. The van der Waals surface area contributed by atoms with Gasteiger partial charge in [0, 0.05) is 11.8 Å². The Kier molecular flexibility index (Phi) is 2.82. The van der Waals surface area contributed by atoms with E-state index in [9.17, 15) is 4.21 Å². The van der Waals surface area contributed by atoms with Crippen molar-refractivity contribution in [3.63, 3.8) is 0 Å². The molecule has 0 saturated heterocycles. The molecule has 76 valence electrons. The number of aromatic nitrogens is 1. The standard InChI is InChI=1S/C9H9Cl2NOS/c1-2-5-3-6-7(10)8(11)14(13)9(6)12-4-5/h3-4,7-8H,2H2,1H3/t7-,8-,14?/m1/s1. The minimum atomic E-state index is -1.26. The first kappa shape index (κ1) is 10.4. The topological polar surface area (TPSA) is 30.0 Å². The number of hydrogen-bond acceptors (Lipinski definition) is 2. The molecular weight excluding hydrogens is 241 g/mol. The lowest BCUT2D eigenvalue weighted by Crippen LogP contribution is -2.03. The third-order valence-electron chi connectivity index (χ3n) is 2.27. The molecule has 2 nitrogen and oxygen atoms in total. The van der Waals surface area contributed by atoms with Crippen LogP contribution in [0, 0.1) is 0 Å². The Balaban J connectivity index is 2.53. The van der Waals surface area contributed by atoms with Crippen LogP contribution in [0.1, 0.15) is 23.4 Å². The first-order chi connectivity index (χ1) is 6.65. The van der Waals surface area contributed by atoms with Crippen molar-refractivity contribution in [1.82, 2.24) is 4.98 Å². The van der Waals surface area contributed by atoms with Crippen LogP contribution in [-0.2, 0) is 17.2 Å². The van der Waals surface area contributed by atoms with Crippen LogP contribution in [0.5, 0.6) is 0 Å². The normalized spacial score (nSPS) is 30.4. The predicted octanol–water partition coefficient (Wildman–Crippen LogP) is 2.61. The minimum Gasteiger partial charge on any atom is -0.251 e. The predicted molar refractivity (Wildman–Crippen MR) is 58.3 cm³/mol. The summed E-state index contributed by atoms with van der Waals surface area (Å²) in [6, 6.07) is 1.94. The van der Waals surface area contributed by atoms with E-state index in [0.29, 0.717) is 5.03 Å². The number of pyridine rings is 1. The maximum absolute atomic E-state index is 11.6. The molecule has 1 aliphatic heterocycles. The van der Waals surface area contributed by atoms with E-state index in [1.807, 2.05) is 13.0 Å². The fraction of sp³-hybridized carbons (Fsp3) is 0.444. The molecule has 0 spiro atoms. The van der Waals surface area contributed by atoms with Crippen LogP contribution >= 0.6 is 23.2 Å². The zero-order valence-corrected chi connectivity index (χ0v) is 9.86. The van der Waals surface area contributed by atoms with Gasteiger partial charge in [0.25, 0.3) is 0 Å². The third-order valence-corrected chi connectivity index (χ3v) is 5.17. The fourth-order valence-corrected chi connectivity index (χ4v) is 3.48. The van der Waals surface area contributed by atoms with Gasteiger partial charge in [-0.25, -0.2) is 4.98 Å². The molecule has 0 saturated carbocycles. The highest BCUT2D eigenvalue weighted by Gasteiger charge is 2.37. The second kappa shape index (κ2) is 3.80. The van der Waals surface area contributed by atoms with E-state index in [2.05, 4.69) is 4.98 Å². The highest BCUT2D eigenvalue weighted by Crippen LogP contribution is 2.41. The van der Waals surface area contributed by atoms with E-state index in [4.69, 9.17) is 23.2 Å². The van der Waals surface area contributed by atoms with Gasteiger partial charge in [0.15, 0.2) is 0 Å². The van der Waals surface area contributed by atoms with Crippen LogP contribution in [0.2, 0.25) is 0 Å². The molecule has 5 heteroatoms. The van der Waals surface area contributed by atoms with Gasteiger partial charge in [0.05, 0.1) is 16.2 Å². The van der Waals surface area contributed by atoms with Crippen LogP contribution in [0.3, 0.4) is 0 Å². The molecule has 14 heavy (non-hydrogen) atoms. The van der Waals surface area contributed by atoms with Gasteiger partial charge in [-0.2, -0.15) is 0 Å². The summed E-state index contributed by atoms with van der Waals surface area (Å²) in [5, 5.41) is 0.161. The molecule has 1 aliphatic rings. The number of rotatable bonds is 1. The number of alkyl halides is 2. The van der Waals surface area contributed by atoms with Gasteiger partial charge in [-0.05, 0) is 18.1 Å². The summed E-state index contributed by atoms with van der Waals surface area (Å²) in [7, 11) is -1.26. The Morgan fingerprint density at radius 3 is 2.93 bits per heavy atom. The van der Waals surface area contributed by atoms with Crippen molar-refractivity contribution in [1.29, 1.82) is 0 Å². The lowest BCUT2D eigenvalue weighted by atomic mass is 10.1. The Labute approximate surface area is 95.1 Å². The monoisotopic (exact) mass is 249 g/mol. The van der Waals surface area contributed by atoms with Gasteiger partial charge in [-0.15, -0.1) is 23.2 Å². The van der Waals surface area contributed by atoms with E-state index in [1.165, 1.54) is 0 Å². The lowest BCUT2D eigenvalue weighted by Gasteiger charge is -2.03. The summed E-state index contributed by atoms with van der Waals surface area (Å²) in [6.45, 7) is 2.04. The van der Waals surface area contributed by atoms with E-state index >= 15 is 0 Å². The van der Waals surface area contributed by atoms with Crippen LogP contribution < -0.4 is 0 Å². The zero-order valence-electron chi connectivity index (χ0n) is 7.54. The average Bonchev–Trinajstić information content (AvgIpc) is 2.44. The van der Waals surface area contributed by atoms with Crippen molar-refractivity contribution in [3.05, 3.63) is 23.4 Å². The van der Waals surface area contributed by atoms with E-state index in [1.54, 1.807) is 6.20 Å². The summed E-state index contributed by atoms with van der Waals surface area (Å²) < 4.78 is 11.1. The van der Waals surface area contributed by atoms with Crippen molar-refractivity contribution in [3.8, 4) is 0 Å². The number of nitrogens with zero attached hydrogens (tertiary/aromatic N) is 1. The largest absolute Gasteiger partial charge is 0.251 e.